The molecule has 0 saturated heterocycles. The van der Waals surface area contributed by atoms with Gasteiger partial charge in [-0.05, 0) is 40.0 Å². The topological polar surface area (TPSA) is 75.2 Å². The average molecular weight is 359 g/mol. The molecule has 0 rings (SSSR count). The summed E-state index contributed by atoms with van der Waals surface area (Å²) in [5, 5.41) is 6.26. The second-order valence-electron chi connectivity index (χ2n) is 7.44. The number of rotatable bonds is 9. The van der Waals surface area contributed by atoms with Crippen LogP contribution in [0.4, 0.5) is 4.79 Å². The molecular formula is C18H38N4O3. The zero-order valence-corrected chi connectivity index (χ0v) is 17.3. The summed E-state index contributed by atoms with van der Waals surface area (Å²) in [6, 6.07) is 0.0409. The number of ether oxygens (including phenoxy) is 2. The minimum Gasteiger partial charge on any atom is -0.444 e. The van der Waals surface area contributed by atoms with Crippen LogP contribution >= 0.6 is 0 Å². The van der Waals surface area contributed by atoms with E-state index in [0.717, 1.165) is 25.5 Å². The van der Waals surface area contributed by atoms with Crippen molar-refractivity contribution in [1.82, 2.24) is 15.5 Å². The number of hydrogen-bond acceptors (Lipinski definition) is 4. The summed E-state index contributed by atoms with van der Waals surface area (Å²) in [4.78, 5) is 18.6. The first-order valence-electron chi connectivity index (χ1n) is 9.08. The maximum absolute atomic E-state index is 12.0. The lowest BCUT2D eigenvalue weighted by molar-refractivity contribution is 0.0486. The second kappa shape index (κ2) is 12.0. The van der Waals surface area contributed by atoms with Gasteiger partial charge in [-0.2, -0.15) is 0 Å². The molecule has 0 aliphatic heterocycles. The van der Waals surface area contributed by atoms with Gasteiger partial charge < -0.3 is 25.0 Å². The third kappa shape index (κ3) is 11.6. The summed E-state index contributed by atoms with van der Waals surface area (Å²) in [5.74, 6) is 1.16. The van der Waals surface area contributed by atoms with Crippen LogP contribution in [0.3, 0.4) is 0 Å². The molecule has 0 fully saturated rings. The third-order valence-electron chi connectivity index (χ3n) is 3.54. The van der Waals surface area contributed by atoms with Crippen molar-refractivity contribution in [2.45, 2.75) is 59.6 Å². The Morgan fingerprint density at radius 1 is 1.28 bits per heavy atom. The number of nitrogens with zero attached hydrogens (tertiary/aromatic N) is 2. The number of aliphatic imine (C=N–C) groups is 1. The largest absolute Gasteiger partial charge is 0.444 e. The maximum atomic E-state index is 12.0. The van der Waals surface area contributed by atoms with Crippen LogP contribution in [0.2, 0.25) is 0 Å². The second-order valence-corrected chi connectivity index (χ2v) is 7.44. The molecule has 25 heavy (non-hydrogen) atoms. The first-order chi connectivity index (χ1) is 11.6. The van der Waals surface area contributed by atoms with Crippen LogP contribution in [0.15, 0.2) is 4.99 Å². The van der Waals surface area contributed by atoms with Crippen molar-refractivity contribution < 1.29 is 14.3 Å². The molecule has 1 unspecified atom stereocenters. The SMILES string of the molecule is CCNC(=NCCOC)N(C)CCC(NC(=O)OC(C)(C)C)C(C)C. The van der Waals surface area contributed by atoms with Gasteiger partial charge >= 0.3 is 6.09 Å². The lowest BCUT2D eigenvalue weighted by Crippen LogP contribution is -2.45. The Morgan fingerprint density at radius 2 is 1.92 bits per heavy atom. The molecule has 0 radical (unpaired) electrons. The standard InChI is InChI=1S/C18H38N4O3/c1-9-19-16(20-11-13-24-8)22(7)12-10-15(14(2)3)21-17(23)25-18(4,5)6/h14-15H,9-13H2,1-8H3,(H,19,20)(H,21,23). The molecule has 0 aromatic carbocycles. The summed E-state index contributed by atoms with van der Waals surface area (Å²) in [6.07, 6.45) is 0.441. The van der Waals surface area contributed by atoms with E-state index in [1.54, 1.807) is 7.11 Å². The smallest absolute Gasteiger partial charge is 0.407 e. The molecule has 148 valence electrons. The van der Waals surface area contributed by atoms with E-state index < -0.39 is 5.60 Å². The molecule has 0 aromatic heterocycles. The number of nitrogens with one attached hydrogen (secondary N) is 2. The summed E-state index contributed by atoms with van der Waals surface area (Å²) >= 11 is 0. The van der Waals surface area contributed by atoms with E-state index in [1.807, 2.05) is 34.7 Å². The molecule has 2 N–H and O–H groups in total. The van der Waals surface area contributed by atoms with Gasteiger partial charge in [-0.3, -0.25) is 4.99 Å². The number of amides is 1. The van der Waals surface area contributed by atoms with Gasteiger partial charge in [-0.25, -0.2) is 4.79 Å². The van der Waals surface area contributed by atoms with E-state index in [4.69, 9.17) is 9.47 Å². The summed E-state index contributed by atoms with van der Waals surface area (Å²) in [7, 11) is 3.67. The van der Waals surface area contributed by atoms with E-state index in [1.165, 1.54) is 0 Å². The first-order valence-corrected chi connectivity index (χ1v) is 9.08. The average Bonchev–Trinajstić information content (AvgIpc) is 2.48. The Morgan fingerprint density at radius 3 is 2.40 bits per heavy atom. The van der Waals surface area contributed by atoms with Crippen molar-refractivity contribution in [3.8, 4) is 0 Å². The fourth-order valence-corrected chi connectivity index (χ4v) is 2.18. The van der Waals surface area contributed by atoms with Gasteiger partial charge in [0.1, 0.15) is 5.60 Å². The number of guanidine groups is 1. The Hall–Kier alpha value is -1.50. The number of carbonyl (C=O) groups excluding carboxylic acids is 1. The van der Waals surface area contributed by atoms with Gasteiger partial charge in [-0.15, -0.1) is 0 Å². The maximum Gasteiger partial charge on any atom is 0.407 e. The summed E-state index contributed by atoms with van der Waals surface area (Å²) < 4.78 is 10.4. The molecule has 7 nitrogen and oxygen atoms in total. The molecule has 0 spiro atoms. The first kappa shape index (κ1) is 23.5. The number of carbonyl (C=O) groups is 1. The van der Waals surface area contributed by atoms with Crippen LogP contribution in [-0.2, 0) is 9.47 Å². The molecule has 0 heterocycles. The van der Waals surface area contributed by atoms with Crippen LogP contribution in [0.5, 0.6) is 0 Å². The highest BCUT2D eigenvalue weighted by Crippen LogP contribution is 2.11. The monoisotopic (exact) mass is 358 g/mol. The van der Waals surface area contributed by atoms with Crippen LogP contribution in [0.1, 0.15) is 48.0 Å². The molecule has 0 bridgehead atoms. The molecule has 1 amide bonds. The van der Waals surface area contributed by atoms with Gasteiger partial charge in [0.15, 0.2) is 5.96 Å². The van der Waals surface area contributed by atoms with Crippen molar-refractivity contribution in [1.29, 1.82) is 0 Å². The molecule has 0 aliphatic rings. The van der Waals surface area contributed by atoms with Gasteiger partial charge in [0.2, 0.25) is 0 Å². The molecule has 0 aliphatic carbocycles. The molecule has 1 atom stereocenters. The fourth-order valence-electron chi connectivity index (χ4n) is 2.18. The third-order valence-corrected chi connectivity index (χ3v) is 3.54. The fraction of sp³-hybridized carbons (Fsp3) is 0.889. The lowest BCUT2D eigenvalue weighted by Gasteiger charge is -2.28. The predicted molar refractivity (Wildman–Crippen MR) is 103 cm³/mol. The van der Waals surface area contributed by atoms with E-state index in [9.17, 15) is 4.79 Å². The van der Waals surface area contributed by atoms with E-state index in [-0.39, 0.29) is 12.1 Å². The van der Waals surface area contributed by atoms with Crippen LogP contribution < -0.4 is 10.6 Å². The minimum atomic E-state index is -0.491. The Balaban J connectivity index is 4.65. The van der Waals surface area contributed by atoms with Gasteiger partial charge in [0.25, 0.3) is 0 Å². The highest BCUT2D eigenvalue weighted by molar-refractivity contribution is 5.79. The highest BCUT2D eigenvalue weighted by Gasteiger charge is 2.22. The summed E-state index contributed by atoms with van der Waals surface area (Å²) in [5.41, 5.74) is -0.491. The lowest BCUT2D eigenvalue weighted by atomic mass is 10.0. The molecular weight excluding hydrogens is 320 g/mol. The van der Waals surface area contributed by atoms with Crippen molar-refractivity contribution in [3.63, 3.8) is 0 Å². The summed E-state index contributed by atoms with van der Waals surface area (Å²) in [6.45, 7) is 14.6. The number of methoxy groups -OCH3 is 1. The zero-order chi connectivity index (χ0) is 19.5. The minimum absolute atomic E-state index is 0.0409. The molecule has 7 heteroatoms. The normalized spacial score (nSPS) is 13.6. The van der Waals surface area contributed by atoms with Gasteiger partial charge in [0.05, 0.1) is 13.2 Å². The number of alkyl carbamates (subject to hydrolysis) is 1. The predicted octanol–water partition coefficient (Wildman–Crippen LogP) is 2.47. The van der Waals surface area contributed by atoms with E-state index >= 15 is 0 Å². The number of hydrogen-bond donors (Lipinski definition) is 2. The highest BCUT2D eigenvalue weighted by atomic mass is 16.6. The van der Waals surface area contributed by atoms with Crippen LogP contribution in [-0.4, -0.2) is 69.0 Å². The van der Waals surface area contributed by atoms with Crippen molar-refractivity contribution in [2.75, 3.05) is 40.4 Å². The van der Waals surface area contributed by atoms with E-state index in [0.29, 0.717) is 19.1 Å². The van der Waals surface area contributed by atoms with Crippen LogP contribution in [0.25, 0.3) is 0 Å². The van der Waals surface area contributed by atoms with E-state index in [2.05, 4.69) is 34.4 Å². The van der Waals surface area contributed by atoms with Crippen molar-refractivity contribution in [3.05, 3.63) is 0 Å². The van der Waals surface area contributed by atoms with Crippen molar-refractivity contribution >= 4 is 12.1 Å². The Labute approximate surface area is 153 Å². The van der Waals surface area contributed by atoms with Crippen LogP contribution in [0, 0.1) is 5.92 Å². The molecule has 0 saturated carbocycles. The molecule has 0 aromatic rings. The zero-order valence-electron chi connectivity index (χ0n) is 17.3. The quantitative estimate of drug-likeness (QED) is 0.376. The van der Waals surface area contributed by atoms with Gasteiger partial charge in [-0.1, -0.05) is 13.8 Å². The van der Waals surface area contributed by atoms with Gasteiger partial charge in [0, 0.05) is 33.3 Å². The Kier molecular flexibility index (Phi) is 11.2. The van der Waals surface area contributed by atoms with Crippen molar-refractivity contribution in [2.24, 2.45) is 10.9 Å². The Bertz CT molecular complexity index is 406.